The summed E-state index contributed by atoms with van der Waals surface area (Å²) >= 11 is 0. The number of fused-ring (bicyclic) bond motifs is 3. The Morgan fingerprint density at radius 3 is 2.65 bits per heavy atom. The van der Waals surface area contributed by atoms with Crippen LogP contribution in [0.4, 0.5) is 0 Å². The Bertz CT molecular complexity index is 848. The van der Waals surface area contributed by atoms with Crippen LogP contribution in [0, 0.1) is 28.6 Å². The van der Waals surface area contributed by atoms with E-state index in [2.05, 4.69) is 0 Å². The van der Waals surface area contributed by atoms with Gasteiger partial charge < -0.3 is 23.4 Å². The molecule has 8 nitrogen and oxygen atoms in total. The number of esters is 2. The van der Waals surface area contributed by atoms with E-state index in [0.717, 1.165) is 5.56 Å². The van der Waals surface area contributed by atoms with Crippen molar-refractivity contribution in [2.45, 2.75) is 51.7 Å². The van der Waals surface area contributed by atoms with Crippen molar-refractivity contribution < 1.29 is 37.7 Å². The molecule has 2 heterocycles. The van der Waals surface area contributed by atoms with Crippen molar-refractivity contribution in [3.63, 3.8) is 0 Å². The number of carbonyl (C=O) groups is 3. The summed E-state index contributed by atoms with van der Waals surface area (Å²) in [6.07, 6.45) is 3.65. The minimum atomic E-state index is -0.789. The molecule has 0 spiro atoms. The van der Waals surface area contributed by atoms with E-state index < -0.39 is 40.8 Å². The summed E-state index contributed by atoms with van der Waals surface area (Å²) < 4.78 is 26.8. The smallest absolute Gasteiger partial charge is 0.310 e. The van der Waals surface area contributed by atoms with Gasteiger partial charge >= 0.3 is 11.9 Å². The predicted molar refractivity (Wildman–Crippen MR) is 106 cm³/mol. The first kappa shape index (κ1) is 22.0. The van der Waals surface area contributed by atoms with Gasteiger partial charge in [0.05, 0.1) is 31.5 Å². The predicted octanol–water partition coefficient (Wildman–Crippen LogP) is 3.06. The topological polar surface area (TPSA) is 101 Å². The van der Waals surface area contributed by atoms with E-state index in [9.17, 15) is 14.4 Å². The molecule has 0 aromatic carbocycles. The van der Waals surface area contributed by atoms with Crippen LogP contribution in [0.1, 0.15) is 51.2 Å². The Kier molecular flexibility index (Phi) is 5.72. The lowest BCUT2D eigenvalue weighted by Crippen LogP contribution is -2.64. The molecule has 2 saturated carbocycles. The second kappa shape index (κ2) is 8.06. The van der Waals surface area contributed by atoms with Gasteiger partial charge in [0.25, 0.3) is 0 Å². The minimum absolute atomic E-state index is 0.0481. The molecule has 8 heteroatoms. The third-order valence-electron chi connectivity index (χ3n) is 7.89. The molecule has 0 amide bonds. The first-order valence-electron chi connectivity index (χ1n) is 10.7. The lowest BCUT2D eigenvalue weighted by atomic mass is 9.43. The lowest BCUT2D eigenvalue weighted by Gasteiger charge is -2.61. The Morgan fingerprint density at radius 1 is 1.23 bits per heavy atom. The number of ether oxygens (including phenoxy) is 4. The van der Waals surface area contributed by atoms with Crippen molar-refractivity contribution in [1.82, 2.24) is 0 Å². The largest absolute Gasteiger partial charge is 0.472 e. The van der Waals surface area contributed by atoms with Crippen molar-refractivity contribution in [3.8, 4) is 0 Å². The first-order chi connectivity index (χ1) is 14.8. The molecule has 2 aliphatic carbocycles. The molecular weight excluding hydrogens is 404 g/mol. The van der Waals surface area contributed by atoms with Gasteiger partial charge in [0, 0.05) is 18.6 Å². The molecule has 7 atom stereocenters. The molecule has 3 aliphatic rings. The van der Waals surface area contributed by atoms with Crippen LogP contribution in [0.25, 0.3) is 0 Å². The number of furan rings is 1. The third kappa shape index (κ3) is 3.40. The van der Waals surface area contributed by atoms with Crippen LogP contribution in [0.5, 0.6) is 0 Å². The van der Waals surface area contributed by atoms with Crippen LogP contribution >= 0.6 is 0 Å². The number of rotatable bonds is 5. The summed E-state index contributed by atoms with van der Waals surface area (Å²) in [4.78, 5) is 39.6. The summed E-state index contributed by atoms with van der Waals surface area (Å²) in [5.41, 5.74) is -0.566. The average Bonchev–Trinajstić information content (AvgIpc) is 3.26. The van der Waals surface area contributed by atoms with Crippen LogP contribution in [0.3, 0.4) is 0 Å². The highest BCUT2D eigenvalue weighted by Gasteiger charge is 2.67. The highest BCUT2D eigenvalue weighted by Crippen LogP contribution is 2.65. The molecule has 1 aromatic heterocycles. The third-order valence-corrected chi connectivity index (χ3v) is 7.89. The molecule has 0 bridgehead atoms. The van der Waals surface area contributed by atoms with Crippen molar-refractivity contribution in [1.29, 1.82) is 0 Å². The molecule has 1 saturated heterocycles. The minimum Gasteiger partial charge on any atom is -0.472 e. The highest BCUT2D eigenvalue weighted by atomic mass is 16.7. The van der Waals surface area contributed by atoms with E-state index in [1.165, 1.54) is 20.5 Å². The molecule has 1 aliphatic heterocycles. The Labute approximate surface area is 181 Å². The first-order valence-corrected chi connectivity index (χ1v) is 10.7. The van der Waals surface area contributed by atoms with Crippen LogP contribution in [-0.4, -0.2) is 44.8 Å². The lowest BCUT2D eigenvalue weighted by molar-refractivity contribution is -0.213. The number of carbonyl (C=O) groups excluding carboxylic acids is 3. The van der Waals surface area contributed by atoms with E-state index in [-0.39, 0.29) is 30.9 Å². The van der Waals surface area contributed by atoms with Crippen molar-refractivity contribution >= 4 is 17.7 Å². The van der Waals surface area contributed by atoms with Gasteiger partial charge in [-0.1, -0.05) is 13.8 Å². The van der Waals surface area contributed by atoms with Gasteiger partial charge in [-0.2, -0.15) is 0 Å². The number of methoxy groups -OCH3 is 2. The van der Waals surface area contributed by atoms with Gasteiger partial charge in [0.2, 0.25) is 0 Å². The summed E-state index contributed by atoms with van der Waals surface area (Å²) in [5, 5.41) is 0. The number of hydrogen-bond donors (Lipinski definition) is 0. The Hall–Kier alpha value is -2.19. The van der Waals surface area contributed by atoms with Crippen molar-refractivity contribution in [3.05, 3.63) is 24.2 Å². The van der Waals surface area contributed by atoms with Gasteiger partial charge in [0.15, 0.2) is 5.78 Å². The van der Waals surface area contributed by atoms with E-state index in [1.54, 1.807) is 12.3 Å². The summed E-state index contributed by atoms with van der Waals surface area (Å²) in [7, 11) is 2.85. The fraction of sp³-hybridized carbons (Fsp3) is 0.696. The van der Waals surface area contributed by atoms with E-state index >= 15 is 0 Å². The standard InChI is InChI=1S/C23H30O8/c1-22-7-5-14-21(26)31-17(13-6-8-29-11-13)10-23(14,2)19(22)18(24)16(30-12-27-3)9-15(22)20(25)28-4/h6,8,11,14-17,19H,5,7,9-10,12H2,1-4H3/t14?,15-,16-,17-,19?,22-,23-/m0/s1. The van der Waals surface area contributed by atoms with Gasteiger partial charge in [-0.05, 0) is 42.6 Å². The fourth-order valence-electron chi connectivity index (χ4n) is 6.46. The van der Waals surface area contributed by atoms with Gasteiger partial charge in [-0.25, -0.2) is 0 Å². The molecule has 170 valence electrons. The average molecular weight is 434 g/mol. The maximum absolute atomic E-state index is 13.8. The van der Waals surface area contributed by atoms with E-state index in [1.807, 2.05) is 13.8 Å². The normalized spacial score (nSPS) is 39.9. The van der Waals surface area contributed by atoms with Crippen molar-refractivity contribution in [2.75, 3.05) is 21.0 Å². The summed E-state index contributed by atoms with van der Waals surface area (Å²) in [6, 6.07) is 1.77. The zero-order valence-electron chi connectivity index (χ0n) is 18.4. The van der Waals surface area contributed by atoms with Crippen LogP contribution < -0.4 is 0 Å². The number of hydrogen-bond acceptors (Lipinski definition) is 8. The molecule has 0 radical (unpaired) electrons. The Morgan fingerprint density at radius 2 is 2.00 bits per heavy atom. The van der Waals surface area contributed by atoms with E-state index in [0.29, 0.717) is 19.3 Å². The quantitative estimate of drug-likeness (QED) is 0.515. The van der Waals surface area contributed by atoms with Crippen LogP contribution in [-0.2, 0) is 33.3 Å². The SMILES string of the molecule is COCO[C@H]1C[C@@H](C(=O)OC)[C@]2(C)CCC3C(=O)O[C@H](c4ccoc4)C[C@]3(C)C2C1=O. The van der Waals surface area contributed by atoms with Crippen molar-refractivity contribution in [2.24, 2.45) is 28.6 Å². The van der Waals surface area contributed by atoms with Crippen LogP contribution in [0.15, 0.2) is 23.0 Å². The number of Topliss-reactive ketones (excluding diaryl/α,β-unsaturated/α-hetero) is 1. The zero-order valence-corrected chi connectivity index (χ0v) is 18.4. The molecular formula is C23H30O8. The summed E-state index contributed by atoms with van der Waals surface area (Å²) in [5.74, 6) is -2.21. The molecule has 0 N–H and O–H groups in total. The highest BCUT2D eigenvalue weighted by molar-refractivity contribution is 5.92. The van der Waals surface area contributed by atoms with Crippen LogP contribution in [0.2, 0.25) is 0 Å². The fourth-order valence-corrected chi connectivity index (χ4v) is 6.46. The molecule has 31 heavy (non-hydrogen) atoms. The summed E-state index contributed by atoms with van der Waals surface area (Å²) in [6.45, 7) is 3.92. The number of ketones is 1. The molecule has 2 unspecified atom stereocenters. The monoisotopic (exact) mass is 434 g/mol. The second-order valence-electron chi connectivity index (χ2n) is 9.50. The van der Waals surface area contributed by atoms with Gasteiger partial charge in [-0.3, -0.25) is 14.4 Å². The molecule has 4 rings (SSSR count). The second-order valence-corrected chi connectivity index (χ2v) is 9.50. The Balaban J connectivity index is 1.77. The molecule has 3 fully saturated rings. The maximum Gasteiger partial charge on any atom is 0.310 e. The van der Waals surface area contributed by atoms with Gasteiger partial charge in [-0.15, -0.1) is 0 Å². The van der Waals surface area contributed by atoms with Gasteiger partial charge in [0.1, 0.15) is 19.0 Å². The molecule has 1 aromatic rings. The zero-order chi connectivity index (χ0) is 22.4. The maximum atomic E-state index is 13.8. The number of cyclic esters (lactones) is 1. The van der Waals surface area contributed by atoms with E-state index in [4.69, 9.17) is 23.4 Å².